The van der Waals surface area contributed by atoms with E-state index in [0.29, 0.717) is 6.61 Å². The summed E-state index contributed by atoms with van der Waals surface area (Å²) < 4.78 is 5.57. The molecule has 3 nitrogen and oxygen atoms in total. The summed E-state index contributed by atoms with van der Waals surface area (Å²) in [6.45, 7) is 2.81. The topological polar surface area (TPSA) is 42.4 Å². The van der Waals surface area contributed by atoms with E-state index >= 15 is 0 Å². The Kier molecular flexibility index (Phi) is 3.94. The Morgan fingerprint density at radius 3 is 2.88 bits per heavy atom. The molecule has 0 amide bonds. The van der Waals surface area contributed by atoms with Gasteiger partial charge in [0.1, 0.15) is 11.3 Å². The van der Waals surface area contributed by atoms with Crippen molar-refractivity contribution < 1.29 is 9.84 Å². The molecule has 0 radical (unpaired) electrons. The molecule has 0 saturated heterocycles. The smallest absolute Gasteiger partial charge is 0.145 e. The number of aliphatic hydroxyl groups is 1. The quantitative estimate of drug-likeness (QED) is 0.860. The number of aliphatic hydroxyl groups excluding tert-OH is 1. The van der Waals surface area contributed by atoms with Gasteiger partial charge in [0.2, 0.25) is 0 Å². The SMILES string of the molecule is CCOc1cccc2ccc(CCCO)nc12. The number of para-hydroxylation sites is 1. The number of hydrogen-bond acceptors (Lipinski definition) is 3. The van der Waals surface area contributed by atoms with Crippen LogP contribution in [0, 0.1) is 0 Å². The third-order valence-electron chi connectivity index (χ3n) is 2.63. The van der Waals surface area contributed by atoms with Crippen molar-refractivity contribution >= 4 is 10.9 Å². The van der Waals surface area contributed by atoms with Crippen LogP contribution >= 0.6 is 0 Å². The molecule has 1 heterocycles. The first-order valence-electron chi connectivity index (χ1n) is 5.97. The first kappa shape index (κ1) is 11.9. The minimum absolute atomic E-state index is 0.201. The molecule has 1 aromatic carbocycles. The molecule has 0 aliphatic carbocycles. The molecular formula is C14H17NO2. The van der Waals surface area contributed by atoms with E-state index in [1.807, 2.05) is 31.2 Å². The van der Waals surface area contributed by atoms with Crippen LogP contribution in [0.1, 0.15) is 19.0 Å². The number of hydrogen-bond donors (Lipinski definition) is 1. The van der Waals surface area contributed by atoms with E-state index in [0.717, 1.165) is 35.2 Å². The van der Waals surface area contributed by atoms with Gasteiger partial charge < -0.3 is 9.84 Å². The maximum atomic E-state index is 8.83. The lowest BCUT2D eigenvalue weighted by atomic mass is 10.1. The second kappa shape index (κ2) is 5.64. The average molecular weight is 231 g/mol. The van der Waals surface area contributed by atoms with Crippen LogP contribution in [0.4, 0.5) is 0 Å². The molecule has 0 aliphatic rings. The van der Waals surface area contributed by atoms with E-state index in [1.165, 1.54) is 0 Å². The molecule has 0 unspecified atom stereocenters. The maximum Gasteiger partial charge on any atom is 0.145 e. The van der Waals surface area contributed by atoms with Gasteiger partial charge in [0.05, 0.1) is 6.61 Å². The monoisotopic (exact) mass is 231 g/mol. The van der Waals surface area contributed by atoms with Crippen molar-refractivity contribution in [2.24, 2.45) is 0 Å². The number of nitrogens with zero attached hydrogens (tertiary/aromatic N) is 1. The minimum atomic E-state index is 0.201. The molecule has 0 spiro atoms. The van der Waals surface area contributed by atoms with E-state index in [4.69, 9.17) is 9.84 Å². The summed E-state index contributed by atoms with van der Waals surface area (Å²) in [4.78, 5) is 4.60. The molecule has 3 heteroatoms. The van der Waals surface area contributed by atoms with E-state index < -0.39 is 0 Å². The Morgan fingerprint density at radius 2 is 2.12 bits per heavy atom. The highest BCUT2D eigenvalue weighted by molar-refractivity contribution is 5.84. The highest BCUT2D eigenvalue weighted by atomic mass is 16.5. The van der Waals surface area contributed by atoms with Gasteiger partial charge in [0.15, 0.2) is 0 Å². The van der Waals surface area contributed by atoms with Crippen molar-refractivity contribution in [1.82, 2.24) is 4.98 Å². The molecule has 17 heavy (non-hydrogen) atoms. The van der Waals surface area contributed by atoms with Gasteiger partial charge in [-0.05, 0) is 31.9 Å². The van der Waals surface area contributed by atoms with Gasteiger partial charge in [-0.1, -0.05) is 18.2 Å². The Morgan fingerprint density at radius 1 is 1.24 bits per heavy atom. The highest BCUT2D eigenvalue weighted by Crippen LogP contribution is 2.24. The molecule has 1 N–H and O–H groups in total. The molecule has 0 atom stereocenters. The lowest BCUT2D eigenvalue weighted by Crippen LogP contribution is -1.97. The van der Waals surface area contributed by atoms with Crippen molar-refractivity contribution in [2.45, 2.75) is 19.8 Å². The fraction of sp³-hybridized carbons (Fsp3) is 0.357. The summed E-state index contributed by atoms with van der Waals surface area (Å²) >= 11 is 0. The zero-order valence-corrected chi connectivity index (χ0v) is 10.0. The molecule has 90 valence electrons. The first-order chi connectivity index (χ1) is 8.35. The Balaban J connectivity index is 2.38. The maximum absolute atomic E-state index is 8.83. The van der Waals surface area contributed by atoms with E-state index in [2.05, 4.69) is 11.1 Å². The third kappa shape index (κ3) is 2.74. The molecular weight excluding hydrogens is 214 g/mol. The van der Waals surface area contributed by atoms with Crippen LogP contribution in [-0.2, 0) is 6.42 Å². The first-order valence-corrected chi connectivity index (χ1v) is 5.97. The van der Waals surface area contributed by atoms with Crippen LogP contribution in [0.3, 0.4) is 0 Å². The molecule has 0 fully saturated rings. The minimum Gasteiger partial charge on any atom is -0.492 e. The number of pyridine rings is 1. The van der Waals surface area contributed by atoms with Gasteiger partial charge in [-0.2, -0.15) is 0 Å². The fourth-order valence-corrected chi connectivity index (χ4v) is 1.83. The van der Waals surface area contributed by atoms with Crippen molar-refractivity contribution in [2.75, 3.05) is 13.2 Å². The second-order valence-electron chi connectivity index (χ2n) is 3.89. The zero-order chi connectivity index (χ0) is 12.1. The largest absolute Gasteiger partial charge is 0.492 e. The van der Waals surface area contributed by atoms with Gasteiger partial charge in [0.25, 0.3) is 0 Å². The van der Waals surface area contributed by atoms with Crippen LogP contribution in [0.2, 0.25) is 0 Å². The van der Waals surface area contributed by atoms with Crippen molar-refractivity contribution in [1.29, 1.82) is 0 Å². The summed E-state index contributed by atoms with van der Waals surface area (Å²) in [6.07, 6.45) is 1.54. The summed E-state index contributed by atoms with van der Waals surface area (Å²) in [6, 6.07) is 10.0. The lowest BCUT2D eigenvalue weighted by molar-refractivity contribution is 0.288. The molecule has 0 bridgehead atoms. The van der Waals surface area contributed by atoms with Crippen LogP contribution in [0.25, 0.3) is 10.9 Å². The van der Waals surface area contributed by atoms with Crippen LogP contribution in [0.5, 0.6) is 5.75 Å². The van der Waals surface area contributed by atoms with E-state index in [9.17, 15) is 0 Å². The summed E-state index contributed by atoms with van der Waals surface area (Å²) in [5.74, 6) is 0.829. The standard InChI is InChI=1S/C14H17NO2/c1-2-17-13-7-3-5-11-8-9-12(6-4-10-16)15-14(11)13/h3,5,7-9,16H,2,4,6,10H2,1H3. The summed E-state index contributed by atoms with van der Waals surface area (Å²) in [7, 11) is 0. The molecule has 0 aliphatic heterocycles. The average Bonchev–Trinajstić information content (AvgIpc) is 2.37. The number of fused-ring (bicyclic) bond motifs is 1. The molecule has 2 aromatic rings. The van der Waals surface area contributed by atoms with Crippen molar-refractivity contribution in [3.63, 3.8) is 0 Å². The molecule has 2 rings (SSSR count). The number of aromatic nitrogens is 1. The van der Waals surface area contributed by atoms with Gasteiger partial charge in [-0.3, -0.25) is 0 Å². The predicted molar refractivity (Wildman–Crippen MR) is 68.3 cm³/mol. The van der Waals surface area contributed by atoms with Gasteiger partial charge in [-0.15, -0.1) is 0 Å². The van der Waals surface area contributed by atoms with Crippen molar-refractivity contribution in [3.8, 4) is 5.75 Å². The predicted octanol–water partition coefficient (Wildman–Crippen LogP) is 2.56. The van der Waals surface area contributed by atoms with Crippen LogP contribution in [0.15, 0.2) is 30.3 Å². The van der Waals surface area contributed by atoms with Gasteiger partial charge in [-0.25, -0.2) is 4.98 Å². The summed E-state index contributed by atoms with van der Waals surface area (Å²) in [5.41, 5.74) is 1.91. The molecule has 1 aromatic heterocycles. The van der Waals surface area contributed by atoms with E-state index in [-0.39, 0.29) is 6.61 Å². The highest BCUT2D eigenvalue weighted by Gasteiger charge is 2.04. The second-order valence-corrected chi connectivity index (χ2v) is 3.89. The fourth-order valence-electron chi connectivity index (χ4n) is 1.83. The van der Waals surface area contributed by atoms with E-state index in [1.54, 1.807) is 0 Å². The summed E-state index contributed by atoms with van der Waals surface area (Å²) in [5, 5.41) is 9.91. The normalized spacial score (nSPS) is 10.7. The third-order valence-corrected chi connectivity index (χ3v) is 2.63. The Bertz CT molecular complexity index is 497. The lowest BCUT2D eigenvalue weighted by Gasteiger charge is -2.08. The van der Waals surface area contributed by atoms with Gasteiger partial charge >= 0.3 is 0 Å². The number of aryl methyl sites for hydroxylation is 1. The number of benzene rings is 1. The van der Waals surface area contributed by atoms with Gasteiger partial charge in [0, 0.05) is 17.7 Å². The Hall–Kier alpha value is -1.61. The van der Waals surface area contributed by atoms with Crippen LogP contribution < -0.4 is 4.74 Å². The number of ether oxygens (including phenoxy) is 1. The Labute approximate surface area is 101 Å². The van der Waals surface area contributed by atoms with Crippen molar-refractivity contribution in [3.05, 3.63) is 36.0 Å². The van der Waals surface area contributed by atoms with Crippen LogP contribution in [-0.4, -0.2) is 23.3 Å². The molecule has 0 saturated carbocycles. The number of rotatable bonds is 5. The zero-order valence-electron chi connectivity index (χ0n) is 10.0.